The van der Waals surface area contributed by atoms with Crippen molar-refractivity contribution >= 4 is 5.82 Å². The molecule has 3 atom stereocenters. The van der Waals surface area contributed by atoms with Crippen molar-refractivity contribution < 1.29 is 9.50 Å². The van der Waals surface area contributed by atoms with Gasteiger partial charge >= 0.3 is 0 Å². The average Bonchev–Trinajstić information content (AvgIpc) is 3.45. The van der Waals surface area contributed by atoms with Gasteiger partial charge in [-0.15, -0.1) is 0 Å². The Morgan fingerprint density at radius 3 is 2.42 bits per heavy atom. The third-order valence-electron chi connectivity index (χ3n) is 6.06. The molecule has 0 aliphatic heterocycles. The van der Waals surface area contributed by atoms with Gasteiger partial charge in [-0.1, -0.05) is 18.2 Å². The minimum Gasteiger partial charge on any atom is -0.388 e. The van der Waals surface area contributed by atoms with Gasteiger partial charge in [-0.05, 0) is 30.9 Å². The molecule has 0 radical (unpaired) electrons. The minimum atomic E-state index is -1.24. The predicted octanol–water partition coefficient (Wildman–Crippen LogP) is 3.61. The molecule has 0 bridgehead atoms. The van der Waals surface area contributed by atoms with Crippen LogP contribution >= 0.6 is 0 Å². The number of rotatable bonds is 5. The van der Waals surface area contributed by atoms with Crippen molar-refractivity contribution in [1.82, 2.24) is 29.5 Å². The predicted molar refractivity (Wildman–Crippen MR) is 124 cm³/mol. The van der Waals surface area contributed by atoms with Crippen molar-refractivity contribution in [2.75, 3.05) is 5.32 Å². The quantitative estimate of drug-likeness (QED) is 0.486. The Labute approximate surface area is 191 Å². The second kappa shape index (κ2) is 8.74. The van der Waals surface area contributed by atoms with E-state index >= 15 is 0 Å². The summed E-state index contributed by atoms with van der Waals surface area (Å²) in [6, 6.07) is 7.53. The van der Waals surface area contributed by atoms with Crippen LogP contribution in [0.3, 0.4) is 0 Å². The van der Waals surface area contributed by atoms with Crippen LogP contribution in [0, 0.1) is 0 Å². The van der Waals surface area contributed by atoms with E-state index in [9.17, 15) is 9.50 Å². The van der Waals surface area contributed by atoms with Crippen LogP contribution in [0.5, 0.6) is 0 Å². The zero-order valence-electron chi connectivity index (χ0n) is 18.6. The van der Waals surface area contributed by atoms with Crippen molar-refractivity contribution in [1.29, 1.82) is 0 Å². The number of aryl methyl sites for hydroxylation is 2. The molecule has 33 heavy (non-hydrogen) atoms. The summed E-state index contributed by atoms with van der Waals surface area (Å²) in [6.07, 6.45) is 8.58. The molecule has 0 amide bonds. The average molecular weight is 448 g/mol. The molecule has 1 aliphatic carbocycles. The number of benzene rings is 1. The molecule has 0 spiro atoms. The van der Waals surface area contributed by atoms with Crippen LogP contribution in [0.4, 0.5) is 10.2 Å². The number of hydrogen-bond donors (Lipinski definition) is 2. The fraction of sp³-hybridized carbons (Fsp3) is 0.333. The molecular formula is C24H26FN7O. The molecule has 9 heteroatoms. The number of aliphatic hydroxyl groups excluding tert-OH is 1. The normalized spacial score (nSPS) is 20.7. The van der Waals surface area contributed by atoms with Gasteiger partial charge in [0.1, 0.15) is 18.1 Å². The SMILES string of the molecule is Cn1cc(-c2cccc(-c3ncc(-c4cnn(C)c4)c(N[C@H]4CCC[C@@H](F)[C@H]4O)n3)c2)cn1. The number of aliphatic hydroxyl groups is 1. The van der Waals surface area contributed by atoms with Crippen molar-refractivity contribution in [3.8, 4) is 33.6 Å². The maximum atomic E-state index is 14.2. The summed E-state index contributed by atoms with van der Waals surface area (Å²) in [6.45, 7) is 0. The highest BCUT2D eigenvalue weighted by atomic mass is 19.1. The lowest BCUT2D eigenvalue weighted by Gasteiger charge is -2.31. The van der Waals surface area contributed by atoms with Crippen LogP contribution in [0.2, 0.25) is 0 Å². The molecule has 170 valence electrons. The lowest BCUT2D eigenvalue weighted by atomic mass is 9.91. The van der Waals surface area contributed by atoms with Crippen LogP contribution in [-0.2, 0) is 14.1 Å². The van der Waals surface area contributed by atoms with E-state index in [4.69, 9.17) is 4.98 Å². The zero-order valence-corrected chi connectivity index (χ0v) is 18.6. The number of alkyl halides is 1. The highest BCUT2D eigenvalue weighted by molar-refractivity contribution is 5.76. The monoisotopic (exact) mass is 447 g/mol. The van der Waals surface area contributed by atoms with E-state index in [1.807, 2.05) is 57.0 Å². The first kappa shape index (κ1) is 21.3. The molecule has 1 fully saturated rings. The minimum absolute atomic E-state index is 0.380. The van der Waals surface area contributed by atoms with Crippen molar-refractivity contribution in [3.05, 3.63) is 55.2 Å². The smallest absolute Gasteiger partial charge is 0.161 e. The third kappa shape index (κ3) is 4.36. The number of aromatic nitrogens is 6. The summed E-state index contributed by atoms with van der Waals surface area (Å²) in [7, 11) is 3.72. The van der Waals surface area contributed by atoms with E-state index in [0.717, 1.165) is 27.8 Å². The molecule has 3 heterocycles. The van der Waals surface area contributed by atoms with Crippen LogP contribution in [0.1, 0.15) is 19.3 Å². The topological polar surface area (TPSA) is 93.7 Å². The van der Waals surface area contributed by atoms with Gasteiger partial charge < -0.3 is 10.4 Å². The first-order valence-corrected chi connectivity index (χ1v) is 11.0. The first-order valence-electron chi connectivity index (χ1n) is 11.0. The van der Waals surface area contributed by atoms with Crippen LogP contribution in [0.15, 0.2) is 55.2 Å². The van der Waals surface area contributed by atoms with Gasteiger partial charge in [0.25, 0.3) is 0 Å². The zero-order chi connectivity index (χ0) is 22.9. The molecule has 5 rings (SSSR count). The van der Waals surface area contributed by atoms with Crippen LogP contribution in [0.25, 0.3) is 33.6 Å². The maximum Gasteiger partial charge on any atom is 0.161 e. The van der Waals surface area contributed by atoms with Crippen molar-refractivity contribution in [2.24, 2.45) is 14.1 Å². The molecule has 0 saturated heterocycles. The van der Waals surface area contributed by atoms with E-state index in [1.54, 1.807) is 21.8 Å². The Bertz CT molecular complexity index is 1270. The van der Waals surface area contributed by atoms with Gasteiger partial charge in [0.2, 0.25) is 0 Å². The second-order valence-electron chi connectivity index (χ2n) is 8.53. The van der Waals surface area contributed by atoms with Crippen molar-refractivity contribution in [3.63, 3.8) is 0 Å². The summed E-state index contributed by atoms with van der Waals surface area (Å²) in [5.74, 6) is 1.09. The van der Waals surface area contributed by atoms with Crippen molar-refractivity contribution in [2.45, 2.75) is 37.6 Å². The maximum absolute atomic E-state index is 14.2. The molecule has 1 aliphatic rings. The highest BCUT2D eigenvalue weighted by Gasteiger charge is 2.32. The number of nitrogens with one attached hydrogen (secondary N) is 1. The summed E-state index contributed by atoms with van der Waals surface area (Å²) in [5.41, 5.74) is 4.47. The molecule has 1 saturated carbocycles. The second-order valence-corrected chi connectivity index (χ2v) is 8.53. The van der Waals surface area contributed by atoms with Gasteiger partial charge in [0.05, 0.1) is 18.4 Å². The van der Waals surface area contributed by atoms with Gasteiger partial charge in [-0.3, -0.25) is 9.36 Å². The van der Waals surface area contributed by atoms with Gasteiger partial charge in [-0.25, -0.2) is 14.4 Å². The molecular weight excluding hydrogens is 421 g/mol. The third-order valence-corrected chi connectivity index (χ3v) is 6.06. The number of hydrogen-bond acceptors (Lipinski definition) is 6. The number of anilines is 1. The van der Waals surface area contributed by atoms with Crippen LogP contribution < -0.4 is 5.32 Å². The largest absolute Gasteiger partial charge is 0.388 e. The first-order chi connectivity index (χ1) is 16.0. The Balaban J connectivity index is 1.54. The summed E-state index contributed by atoms with van der Waals surface area (Å²) < 4.78 is 17.6. The standard InChI is InChI=1S/C24H26FN7O/c1-31-13-17(10-27-31)15-5-3-6-16(9-15)23-26-12-19(18-11-28-32(2)14-18)24(30-23)29-21-8-4-7-20(25)22(21)33/h3,5-6,9-14,20-22,33H,4,7-8H2,1-2H3,(H,26,29,30)/t20-,21+,22-/m1/s1. The lowest BCUT2D eigenvalue weighted by molar-refractivity contribution is 0.0342. The molecule has 4 aromatic rings. The van der Waals surface area contributed by atoms with Gasteiger partial charge in [0, 0.05) is 54.9 Å². The van der Waals surface area contributed by atoms with E-state index in [0.29, 0.717) is 30.9 Å². The Kier molecular flexibility index (Phi) is 5.63. The van der Waals surface area contributed by atoms with E-state index in [1.165, 1.54) is 0 Å². The summed E-state index contributed by atoms with van der Waals surface area (Å²) in [4.78, 5) is 9.43. The fourth-order valence-corrected chi connectivity index (χ4v) is 4.27. The van der Waals surface area contributed by atoms with Gasteiger partial charge in [-0.2, -0.15) is 10.2 Å². The molecule has 2 N–H and O–H groups in total. The molecule has 1 aromatic carbocycles. The Morgan fingerprint density at radius 2 is 1.70 bits per heavy atom. The number of halogens is 1. The highest BCUT2D eigenvalue weighted by Crippen LogP contribution is 2.32. The van der Waals surface area contributed by atoms with Crippen LogP contribution in [-0.4, -0.2) is 53.0 Å². The lowest BCUT2D eigenvalue weighted by Crippen LogP contribution is -2.43. The Morgan fingerprint density at radius 1 is 0.970 bits per heavy atom. The van der Waals surface area contributed by atoms with E-state index in [-0.39, 0.29) is 0 Å². The molecule has 0 unspecified atom stereocenters. The molecule has 8 nitrogen and oxygen atoms in total. The molecule has 3 aromatic heterocycles. The van der Waals surface area contributed by atoms with E-state index in [2.05, 4.69) is 20.5 Å². The fourth-order valence-electron chi connectivity index (χ4n) is 4.27. The Hall–Kier alpha value is -3.59. The summed E-state index contributed by atoms with van der Waals surface area (Å²) >= 11 is 0. The number of nitrogens with zero attached hydrogens (tertiary/aromatic N) is 6. The van der Waals surface area contributed by atoms with E-state index < -0.39 is 18.3 Å². The van der Waals surface area contributed by atoms with Gasteiger partial charge in [0.15, 0.2) is 5.82 Å². The summed E-state index contributed by atoms with van der Waals surface area (Å²) in [5, 5.41) is 22.2.